The first-order valence-corrected chi connectivity index (χ1v) is 16.0. The maximum atomic E-state index is 13.2. The third-order valence-electron chi connectivity index (χ3n) is 11.8. The van der Waals surface area contributed by atoms with Crippen LogP contribution in [-0.4, -0.2) is 79.1 Å². The van der Waals surface area contributed by atoms with E-state index in [0.29, 0.717) is 88.4 Å². The molecule has 7 heteroatoms. The Morgan fingerprint density at radius 3 is 2.05 bits per heavy atom. The van der Waals surface area contributed by atoms with Gasteiger partial charge in [0.2, 0.25) is 0 Å². The number of rotatable bonds is 2. The molecule has 40 heavy (non-hydrogen) atoms. The van der Waals surface area contributed by atoms with Crippen molar-refractivity contribution in [3.63, 3.8) is 0 Å². The highest BCUT2D eigenvalue weighted by molar-refractivity contribution is 5.77. The molecule has 0 aromatic rings. The number of carbonyl (C=O) groups excluding carboxylic acids is 1. The number of hydrogen-bond donors (Lipinski definition) is 0. The van der Waals surface area contributed by atoms with Crippen LogP contribution in [0.5, 0.6) is 0 Å². The Labute approximate surface area is 242 Å². The van der Waals surface area contributed by atoms with E-state index in [1.807, 2.05) is 0 Å². The summed E-state index contributed by atoms with van der Waals surface area (Å²) >= 11 is 0. The first-order valence-electron chi connectivity index (χ1n) is 16.0. The summed E-state index contributed by atoms with van der Waals surface area (Å²) in [5.41, 5.74) is 1.39. The van der Waals surface area contributed by atoms with Crippen LogP contribution >= 0.6 is 0 Å². The fraction of sp³-hybridized carbons (Fsp3) is 0.909. The summed E-state index contributed by atoms with van der Waals surface area (Å²) in [5, 5.41) is 0. The number of hydrogen-bond acceptors (Lipinski definition) is 7. The maximum absolute atomic E-state index is 13.2. The molecule has 2 bridgehead atoms. The number of esters is 1. The van der Waals surface area contributed by atoms with E-state index in [-0.39, 0.29) is 16.8 Å². The molecule has 228 valence electrons. The zero-order chi connectivity index (χ0) is 28.4. The van der Waals surface area contributed by atoms with E-state index in [0.717, 1.165) is 38.9 Å². The van der Waals surface area contributed by atoms with Gasteiger partial charge in [-0.05, 0) is 85.4 Å². The summed E-state index contributed by atoms with van der Waals surface area (Å²) in [6.07, 6.45) is 9.30. The lowest BCUT2D eigenvalue weighted by molar-refractivity contribution is -0.208. The van der Waals surface area contributed by atoms with Crippen molar-refractivity contribution in [1.29, 1.82) is 0 Å². The molecule has 5 aliphatic carbocycles. The van der Waals surface area contributed by atoms with Crippen LogP contribution in [0.1, 0.15) is 66.2 Å². The Kier molecular flexibility index (Phi) is 9.68. The molecule has 1 saturated heterocycles. The van der Waals surface area contributed by atoms with Crippen LogP contribution in [0.15, 0.2) is 11.6 Å². The predicted octanol–water partition coefficient (Wildman–Crippen LogP) is 5.31. The molecule has 1 heterocycles. The summed E-state index contributed by atoms with van der Waals surface area (Å²) in [6, 6.07) is 0. The quantitative estimate of drug-likeness (QED) is 0.333. The van der Waals surface area contributed by atoms with E-state index in [1.165, 1.54) is 12.8 Å². The fourth-order valence-corrected chi connectivity index (χ4v) is 10.1. The molecule has 6 aliphatic rings. The van der Waals surface area contributed by atoms with Crippen LogP contribution in [0.3, 0.4) is 0 Å². The molecular formula is C33H54O7. The molecule has 0 amide bonds. The fourth-order valence-electron chi connectivity index (χ4n) is 10.1. The number of methoxy groups -OCH3 is 1. The standard InChI is InChI=1S/C33H54O7/c1-23(2)25-20-33-10-7-28-31(3,8-6-9-32(28,4)30(34)35-5)29(33)19-24(25)26-21-39-17-15-37-13-11-36-12-14-38-16-18-40-22-27(26)33/h20,23-24,26-29H,6-19,21-22H2,1-5H3/t24-,26-,27-,28-,29-,31+,32-,33+/m1/s1. The zero-order valence-corrected chi connectivity index (χ0v) is 25.7. The molecule has 3 saturated carbocycles. The molecular weight excluding hydrogens is 508 g/mol. The number of ether oxygens (including phenoxy) is 6. The lowest BCUT2D eigenvalue weighted by Gasteiger charge is -2.70. The lowest BCUT2D eigenvalue weighted by atomic mass is 9.34. The second-order valence-corrected chi connectivity index (χ2v) is 13.9. The van der Waals surface area contributed by atoms with Gasteiger partial charge in [0.05, 0.1) is 78.6 Å². The minimum atomic E-state index is -0.399. The first-order chi connectivity index (χ1) is 19.3. The molecule has 4 fully saturated rings. The van der Waals surface area contributed by atoms with E-state index < -0.39 is 5.41 Å². The topological polar surface area (TPSA) is 72.5 Å². The highest BCUT2D eigenvalue weighted by atomic mass is 16.6. The molecule has 7 nitrogen and oxygen atoms in total. The van der Waals surface area contributed by atoms with Crippen LogP contribution in [0.4, 0.5) is 0 Å². The van der Waals surface area contributed by atoms with Crippen molar-refractivity contribution in [2.45, 2.75) is 66.2 Å². The highest BCUT2D eigenvalue weighted by Crippen LogP contribution is 2.73. The molecule has 0 unspecified atom stereocenters. The Morgan fingerprint density at radius 2 is 1.45 bits per heavy atom. The number of allylic oxidation sites excluding steroid dienone is 2. The predicted molar refractivity (Wildman–Crippen MR) is 153 cm³/mol. The second kappa shape index (κ2) is 12.7. The Bertz CT molecular complexity index is 903. The van der Waals surface area contributed by atoms with Crippen molar-refractivity contribution in [2.24, 2.45) is 51.8 Å². The average Bonchev–Trinajstić information content (AvgIpc) is 2.94. The van der Waals surface area contributed by atoms with Gasteiger partial charge in [0.25, 0.3) is 0 Å². The summed E-state index contributed by atoms with van der Waals surface area (Å²) in [5.74, 6) is 2.69. The summed E-state index contributed by atoms with van der Waals surface area (Å²) in [4.78, 5) is 13.2. The van der Waals surface area contributed by atoms with Crippen LogP contribution in [-0.2, 0) is 33.2 Å². The molecule has 0 radical (unpaired) electrons. The van der Waals surface area contributed by atoms with Crippen molar-refractivity contribution < 1.29 is 33.2 Å². The molecule has 0 aromatic heterocycles. The van der Waals surface area contributed by atoms with Crippen molar-refractivity contribution >= 4 is 5.97 Å². The van der Waals surface area contributed by atoms with Crippen molar-refractivity contribution in [2.75, 3.05) is 73.2 Å². The number of carbonyl (C=O) groups is 1. The van der Waals surface area contributed by atoms with Gasteiger partial charge in [0.1, 0.15) is 0 Å². The average molecular weight is 563 g/mol. The monoisotopic (exact) mass is 562 g/mol. The van der Waals surface area contributed by atoms with Crippen LogP contribution < -0.4 is 0 Å². The highest BCUT2D eigenvalue weighted by Gasteiger charge is 2.68. The molecule has 6 rings (SSSR count). The van der Waals surface area contributed by atoms with E-state index in [1.54, 1.807) is 12.7 Å². The Hall–Kier alpha value is -0.990. The summed E-state index contributed by atoms with van der Waals surface area (Å²) in [7, 11) is 1.56. The molecule has 0 aromatic carbocycles. The van der Waals surface area contributed by atoms with E-state index >= 15 is 0 Å². The van der Waals surface area contributed by atoms with Gasteiger partial charge in [-0.2, -0.15) is 0 Å². The van der Waals surface area contributed by atoms with Gasteiger partial charge in [-0.3, -0.25) is 4.79 Å². The minimum Gasteiger partial charge on any atom is -0.469 e. The normalized spacial score (nSPS) is 43.5. The van der Waals surface area contributed by atoms with Gasteiger partial charge >= 0.3 is 5.97 Å². The van der Waals surface area contributed by atoms with E-state index in [9.17, 15) is 4.79 Å². The summed E-state index contributed by atoms with van der Waals surface area (Å²) < 4.78 is 35.3. The van der Waals surface area contributed by atoms with Gasteiger partial charge in [-0.1, -0.05) is 38.8 Å². The largest absolute Gasteiger partial charge is 0.469 e. The van der Waals surface area contributed by atoms with Crippen molar-refractivity contribution in [3.8, 4) is 0 Å². The van der Waals surface area contributed by atoms with Gasteiger partial charge in [0, 0.05) is 0 Å². The molecule has 0 N–H and O–H groups in total. The third kappa shape index (κ3) is 5.43. The van der Waals surface area contributed by atoms with Crippen LogP contribution in [0, 0.1) is 51.8 Å². The molecule has 1 aliphatic heterocycles. The Balaban J connectivity index is 1.46. The van der Waals surface area contributed by atoms with Crippen LogP contribution in [0.2, 0.25) is 0 Å². The molecule has 8 atom stereocenters. The van der Waals surface area contributed by atoms with Gasteiger partial charge in [0.15, 0.2) is 0 Å². The maximum Gasteiger partial charge on any atom is 0.311 e. The van der Waals surface area contributed by atoms with Crippen molar-refractivity contribution in [3.05, 3.63) is 11.6 Å². The zero-order valence-electron chi connectivity index (χ0n) is 25.7. The van der Waals surface area contributed by atoms with Gasteiger partial charge in [-0.25, -0.2) is 0 Å². The smallest absolute Gasteiger partial charge is 0.311 e. The molecule has 1 spiro atoms. The number of fused-ring (bicyclic) bond motifs is 1. The minimum absolute atomic E-state index is 0.0125. The Morgan fingerprint density at radius 1 is 0.850 bits per heavy atom. The van der Waals surface area contributed by atoms with Crippen molar-refractivity contribution in [1.82, 2.24) is 0 Å². The van der Waals surface area contributed by atoms with Gasteiger partial charge < -0.3 is 28.4 Å². The van der Waals surface area contributed by atoms with Crippen LogP contribution in [0.25, 0.3) is 0 Å². The SMILES string of the molecule is COC(=O)[C@]1(C)CCC[C@]2(C)[C@H]3C[C@@H]4C(C(C)C)=C[C@@]3(CC[C@H]21)[C@@H]1COCCOCCOCCOCCOC[C@H]41. The first kappa shape index (κ1) is 30.5. The summed E-state index contributed by atoms with van der Waals surface area (Å²) in [6.45, 7) is 15.6. The third-order valence-corrected chi connectivity index (χ3v) is 11.8. The van der Waals surface area contributed by atoms with Gasteiger partial charge in [-0.15, -0.1) is 0 Å². The van der Waals surface area contributed by atoms with E-state index in [4.69, 9.17) is 28.4 Å². The van der Waals surface area contributed by atoms with E-state index in [2.05, 4.69) is 33.8 Å². The lowest BCUT2D eigenvalue weighted by Crippen LogP contribution is -2.65. The second-order valence-electron chi connectivity index (χ2n) is 13.9.